The average molecular weight is 440 g/mol. The van der Waals surface area contributed by atoms with E-state index in [9.17, 15) is 18.0 Å². The maximum absolute atomic E-state index is 13.0. The summed E-state index contributed by atoms with van der Waals surface area (Å²) in [7, 11) is -3.87. The molecule has 10 heteroatoms. The van der Waals surface area contributed by atoms with Crippen LogP contribution in [0.4, 0.5) is 0 Å². The Balaban J connectivity index is 2.22. The largest absolute Gasteiger partial charge is 0.454 e. The highest BCUT2D eigenvalue weighted by atomic mass is 35.5. The molecule has 0 aromatic heterocycles. The Morgan fingerprint density at radius 3 is 2.41 bits per heavy atom. The summed E-state index contributed by atoms with van der Waals surface area (Å²) in [6.45, 7) is 1.48. The van der Waals surface area contributed by atoms with Crippen molar-refractivity contribution in [2.24, 2.45) is 5.73 Å². The maximum Gasteiger partial charge on any atom is 0.338 e. The van der Waals surface area contributed by atoms with E-state index in [2.05, 4.69) is 0 Å². The number of sulfonamides is 1. The number of esters is 1. The van der Waals surface area contributed by atoms with Crippen molar-refractivity contribution in [1.29, 1.82) is 5.26 Å². The van der Waals surface area contributed by atoms with Crippen LogP contribution in [-0.4, -0.2) is 44.2 Å². The third kappa shape index (κ3) is 5.56. The Kier molecular flexibility index (Phi) is 7.79. The summed E-state index contributed by atoms with van der Waals surface area (Å²) in [5, 5.41) is 8.91. The van der Waals surface area contributed by atoms with Crippen LogP contribution in [0.3, 0.4) is 0 Å². The van der Waals surface area contributed by atoms with Crippen LogP contribution in [0, 0.1) is 11.3 Å². The molecule has 1 aromatic carbocycles. The standard InChI is InChI=1S/C19H22ClN3O5S/c1-13(22)15(11-21)17(24)12-28-19(25)14-6-7-16(20)18(10-14)29(26,27)23-8-4-2-3-5-9-23/h6-7,10H,2-5,8-9,12,22H2,1H3. The molecule has 0 amide bonds. The second-order valence-electron chi connectivity index (χ2n) is 6.63. The monoisotopic (exact) mass is 439 g/mol. The Morgan fingerprint density at radius 1 is 1.24 bits per heavy atom. The summed E-state index contributed by atoms with van der Waals surface area (Å²) in [4.78, 5) is 24.0. The number of carbonyl (C=O) groups excluding carboxylic acids is 2. The minimum Gasteiger partial charge on any atom is -0.454 e. The molecule has 1 aromatic rings. The van der Waals surface area contributed by atoms with Crippen LogP contribution in [0.1, 0.15) is 43.0 Å². The number of allylic oxidation sites excluding steroid dienone is 1. The lowest BCUT2D eigenvalue weighted by Gasteiger charge is -2.21. The number of rotatable bonds is 6. The molecule has 2 N–H and O–H groups in total. The van der Waals surface area contributed by atoms with Gasteiger partial charge in [-0.3, -0.25) is 4.79 Å². The summed E-state index contributed by atoms with van der Waals surface area (Å²) >= 11 is 6.10. The molecule has 2 rings (SSSR count). The zero-order valence-corrected chi connectivity index (χ0v) is 17.6. The highest BCUT2D eigenvalue weighted by Crippen LogP contribution is 2.28. The van der Waals surface area contributed by atoms with Gasteiger partial charge in [0.05, 0.1) is 10.6 Å². The first kappa shape index (κ1) is 22.9. The Labute approximate surface area is 174 Å². The molecule has 1 aliphatic rings. The van der Waals surface area contributed by atoms with Gasteiger partial charge in [-0.1, -0.05) is 24.4 Å². The van der Waals surface area contributed by atoms with E-state index in [-0.39, 0.29) is 26.8 Å². The Hall–Kier alpha value is -2.41. The van der Waals surface area contributed by atoms with Crippen molar-refractivity contribution in [3.05, 3.63) is 40.1 Å². The van der Waals surface area contributed by atoms with Gasteiger partial charge in [0.15, 0.2) is 6.61 Å². The molecule has 0 aliphatic carbocycles. The number of hydrogen-bond acceptors (Lipinski definition) is 7. The fourth-order valence-corrected chi connectivity index (χ4v) is 4.92. The van der Waals surface area contributed by atoms with Gasteiger partial charge in [0.1, 0.15) is 16.5 Å². The fraction of sp³-hybridized carbons (Fsp3) is 0.421. The highest BCUT2D eigenvalue weighted by molar-refractivity contribution is 7.89. The van der Waals surface area contributed by atoms with E-state index in [1.807, 2.05) is 0 Å². The molecule has 0 unspecified atom stereocenters. The van der Waals surface area contributed by atoms with Crippen molar-refractivity contribution >= 4 is 33.4 Å². The number of halogens is 1. The lowest BCUT2D eigenvalue weighted by atomic mass is 10.1. The number of Topliss-reactive ketones (excluding diaryl/α,β-unsaturated/α-hetero) is 1. The van der Waals surface area contributed by atoms with Crippen molar-refractivity contribution in [2.45, 2.75) is 37.5 Å². The number of ketones is 1. The minimum atomic E-state index is -3.87. The molecule has 0 bridgehead atoms. The molecule has 1 saturated heterocycles. The first-order valence-corrected chi connectivity index (χ1v) is 10.9. The molecule has 0 spiro atoms. The number of benzene rings is 1. The number of nitrogens with two attached hydrogens (primary N) is 1. The Bertz CT molecular complexity index is 970. The summed E-state index contributed by atoms with van der Waals surface area (Å²) in [6.07, 6.45) is 3.44. The van der Waals surface area contributed by atoms with Crippen molar-refractivity contribution in [3.8, 4) is 6.07 Å². The van der Waals surface area contributed by atoms with Gasteiger partial charge in [-0.2, -0.15) is 9.57 Å². The smallest absolute Gasteiger partial charge is 0.338 e. The van der Waals surface area contributed by atoms with Crippen LogP contribution in [-0.2, 0) is 19.6 Å². The predicted molar refractivity (Wildman–Crippen MR) is 106 cm³/mol. The summed E-state index contributed by atoms with van der Waals surface area (Å²) in [5.74, 6) is -1.65. The number of ether oxygens (including phenoxy) is 1. The van der Waals surface area contributed by atoms with Gasteiger partial charge >= 0.3 is 5.97 Å². The fourth-order valence-electron chi connectivity index (χ4n) is 2.91. The maximum atomic E-state index is 13.0. The molecular weight excluding hydrogens is 418 g/mol. The summed E-state index contributed by atoms with van der Waals surface area (Å²) in [5.41, 5.74) is 5.10. The second-order valence-corrected chi connectivity index (χ2v) is 8.95. The van der Waals surface area contributed by atoms with Crippen LogP contribution in [0.15, 0.2) is 34.4 Å². The van der Waals surface area contributed by atoms with Gasteiger partial charge in [-0.25, -0.2) is 13.2 Å². The third-order valence-electron chi connectivity index (χ3n) is 4.47. The number of nitriles is 1. The number of hydrogen-bond donors (Lipinski definition) is 1. The normalized spacial score (nSPS) is 16.3. The molecule has 0 radical (unpaired) electrons. The number of carbonyl (C=O) groups is 2. The topological polar surface area (TPSA) is 131 Å². The van der Waals surface area contributed by atoms with E-state index in [0.29, 0.717) is 13.1 Å². The van der Waals surface area contributed by atoms with Gasteiger partial charge in [0.25, 0.3) is 0 Å². The van der Waals surface area contributed by atoms with Gasteiger partial charge < -0.3 is 10.5 Å². The molecule has 0 atom stereocenters. The van der Waals surface area contributed by atoms with E-state index < -0.39 is 28.4 Å². The summed E-state index contributed by atoms with van der Waals surface area (Å²) < 4.78 is 32.3. The molecule has 8 nitrogen and oxygen atoms in total. The van der Waals surface area contributed by atoms with Crippen molar-refractivity contribution in [1.82, 2.24) is 4.31 Å². The van der Waals surface area contributed by atoms with Crippen LogP contribution < -0.4 is 5.73 Å². The first-order valence-electron chi connectivity index (χ1n) is 9.05. The van der Waals surface area contributed by atoms with Crippen LogP contribution in [0.25, 0.3) is 0 Å². The van der Waals surface area contributed by atoms with Crippen molar-refractivity contribution in [2.75, 3.05) is 19.7 Å². The molecule has 1 heterocycles. The van der Waals surface area contributed by atoms with Crippen LogP contribution in [0.5, 0.6) is 0 Å². The van der Waals surface area contributed by atoms with Crippen LogP contribution >= 0.6 is 11.6 Å². The van der Waals surface area contributed by atoms with Crippen molar-refractivity contribution in [3.63, 3.8) is 0 Å². The second kappa shape index (κ2) is 9.87. The average Bonchev–Trinajstić information content (AvgIpc) is 2.96. The lowest BCUT2D eigenvalue weighted by molar-refractivity contribution is -0.118. The molecule has 0 saturated carbocycles. The summed E-state index contributed by atoms with van der Waals surface area (Å²) in [6, 6.07) is 5.41. The molecular formula is C19H22ClN3O5S. The zero-order chi connectivity index (χ0) is 21.6. The first-order chi connectivity index (χ1) is 13.7. The van der Waals surface area contributed by atoms with Gasteiger partial charge in [0, 0.05) is 18.8 Å². The number of nitrogens with zero attached hydrogens (tertiary/aromatic N) is 2. The van der Waals surface area contributed by atoms with E-state index in [1.54, 1.807) is 6.07 Å². The zero-order valence-electron chi connectivity index (χ0n) is 16.0. The van der Waals surface area contributed by atoms with Crippen molar-refractivity contribution < 1.29 is 22.7 Å². The predicted octanol–water partition coefficient (Wildman–Crippen LogP) is 2.39. The van der Waals surface area contributed by atoms with E-state index in [4.69, 9.17) is 27.3 Å². The van der Waals surface area contributed by atoms with Gasteiger partial charge in [0.2, 0.25) is 15.8 Å². The van der Waals surface area contributed by atoms with E-state index in [0.717, 1.165) is 31.7 Å². The lowest BCUT2D eigenvalue weighted by Crippen LogP contribution is -2.32. The highest BCUT2D eigenvalue weighted by Gasteiger charge is 2.28. The third-order valence-corrected chi connectivity index (χ3v) is 6.85. The quantitative estimate of drug-likeness (QED) is 0.409. The Morgan fingerprint density at radius 2 is 1.86 bits per heavy atom. The minimum absolute atomic E-state index is 0.00432. The van der Waals surface area contributed by atoms with Gasteiger partial charge in [-0.05, 0) is 38.0 Å². The molecule has 1 aliphatic heterocycles. The molecule has 29 heavy (non-hydrogen) atoms. The molecule has 156 valence electrons. The van der Waals surface area contributed by atoms with E-state index >= 15 is 0 Å². The van der Waals surface area contributed by atoms with E-state index in [1.165, 1.54) is 23.4 Å². The van der Waals surface area contributed by atoms with Gasteiger partial charge in [-0.15, -0.1) is 0 Å². The molecule has 1 fully saturated rings. The SMILES string of the molecule is CC(N)=C(C#N)C(=O)COC(=O)c1ccc(Cl)c(S(=O)(=O)N2CCCCCC2)c1. The van der Waals surface area contributed by atoms with Crippen LogP contribution in [0.2, 0.25) is 5.02 Å².